The number of hydrogen-bond acceptors (Lipinski definition) is 5. The number of aliphatic hydroxyl groups is 1. The second-order valence-electron chi connectivity index (χ2n) is 6.90. The minimum atomic E-state index is -0.934. The summed E-state index contributed by atoms with van der Waals surface area (Å²) in [5.41, 5.74) is 0.882. The Kier molecular flexibility index (Phi) is 4.95. The average molecular weight is 353 g/mol. The number of benzene rings is 2. The highest BCUT2D eigenvalue weighted by atomic mass is 16.5. The Morgan fingerprint density at radius 2 is 1.85 bits per heavy atom. The molecule has 0 radical (unpaired) electrons. The summed E-state index contributed by atoms with van der Waals surface area (Å²) < 4.78 is 6.87. The average Bonchev–Trinajstić information content (AvgIpc) is 2.96. The van der Waals surface area contributed by atoms with Gasteiger partial charge in [-0.05, 0) is 43.7 Å². The monoisotopic (exact) mass is 353 g/mol. The molecule has 0 aliphatic carbocycles. The summed E-state index contributed by atoms with van der Waals surface area (Å²) in [7, 11) is 1.64. The molecule has 2 N–H and O–H groups in total. The Morgan fingerprint density at radius 1 is 1.12 bits per heavy atom. The van der Waals surface area contributed by atoms with Crippen LogP contribution in [-0.4, -0.2) is 37.7 Å². The van der Waals surface area contributed by atoms with Crippen LogP contribution in [0.1, 0.15) is 25.2 Å². The zero-order chi connectivity index (χ0) is 18.7. The molecule has 136 valence electrons. The van der Waals surface area contributed by atoms with Crippen molar-refractivity contribution in [3.8, 4) is 22.9 Å². The van der Waals surface area contributed by atoms with Gasteiger partial charge in [0.25, 0.3) is 0 Å². The lowest BCUT2D eigenvalue weighted by Gasteiger charge is -2.18. The van der Waals surface area contributed by atoms with Gasteiger partial charge in [0.15, 0.2) is 11.6 Å². The van der Waals surface area contributed by atoms with Gasteiger partial charge in [0, 0.05) is 12.0 Å². The van der Waals surface area contributed by atoms with E-state index in [1.807, 2.05) is 30.3 Å². The summed E-state index contributed by atoms with van der Waals surface area (Å²) in [5.74, 6) is 2.23. The molecule has 0 aliphatic rings. The van der Waals surface area contributed by atoms with E-state index in [0.717, 1.165) is 16.9 Å². The highest BCUT2D eigenvalue weighted by molar-refractivity contribution is 5.57. The van der Waals surface area contributed by atoms with Gasteiger partial charge in [-0.2, -0.15) is 5.10 Å². The molecule has 0 saturated heterocycles. The molecule has 1 aromatic heterocycles. The summed E-state index contributed by atoms with van der Waals surface area (Å²) >= 11 is 0. The minimum Gasteiger partial charge on any atom is -0.508 e. The lowest BCUT2D eigenvalue weighted by molar-refractivity contribution is 0.0581. The molecule has 2 aromatic carbocycles. The highest BCUT2D eigenvalue weighted by Gasteiger charge is 2.20. The quantitative estimate of drug-likeness (QED) is 0.712. The molecule has 0 aliphatic heterocycles. The van der Waals surface area contributed by atoms with Crippen LogP contribution >= 0.6 is 0 Å². The van der Waals surface area contributed by atoms with Crippen molar-refractivity contribution < 1.29 is 14.9 Å². The van der Waals surface area contributed by atoms with E-state index in [-0.39, 0.29) is 5.75 Å². The summed E-state index contributed by atoms with van der Waals surface area (Å²) in [6.07, 6.45) is 0.564. The number of hydrogen-bond donors (Lipinski definition) is 2. The fraction of sp³-hybridized carbons (Fsp3) is 0.300. The standard InChI is InChI=1S/C20H23N3O3/c1-20(2,25)13-23-19(15-5-4-6-16(24)12-15)21-18(22-23)11-14-7-9-17(26-3)10-8-14/h4-10,12,24-25H,11,13H2,1-3H3. The van der Waals surface area contributed by atoms with Crippen LogP contribution in [0, 0.1) is 0 Å². The molecule has 1 heterocycles. The summed E-state index contributed by atoms with van der Waals surface area (Å²) in [5, 5.41) is 24.5. The van der Waals surface area contributed by atoms with Gasteiger partial charge >= 0.3 is 0 Å². The Morgan fingerprint density at radius 3 is 2.46 bits per heavy atom. The molecule has 3 rings (SSSR count). The van der Waals surface area contributed by atoms with Crippen LogP contribution < -0.4 is 4.74 Å². The maximum atomic E-state index is 10.2. The largest absolute Gasteiger partial charge is 0.508 e. The van der Waals surface area contributed by atoms with Crippen LogP contribution in [0.25, 0.3) is 11.4 Å². The van der Waals surface area contributed by atoms with Crippen molar-refractivity contribution in [2.45, 2.75) is 32.4 Å². The van der Waals surface area contributed by atoms with Crippen LogP contribution in [0.5, 0.6) is 11.5 Å². The van der Waals surface area contributed by atoms with E-state index in [1.165, 1.54) is 0 Å². The van der Waals surface area contributed by atoms with Crippen molar-refractivity contribution in [3.05, 3.63) is 59.9 Å². The molecule has 0 atom stereocenters. The topological polar surface area (TPSA) is 80.4 Å². The minimum absolute atomic E-state index is 0.164. The fourth-order valence-electron chi connectivity index (χ4n) is 2.73. The predicted molar refractivity (Wildman–Crippen MR) is 99.2 cm³/mol. The van der Waals surface area contributed by atoms with Crippen molar-refractivity contribution >= 4 is 0 Å². The number of rotatable bonds is 6. The second kappa shape index (κ2) is 7.17. The van der Waals surface area contributed by atoms with Crippen LogP contribution in [0.15, 0.2) is 48.5 Å². The third kappa shape index (κ3) is 4.40. The lowest BCUT2D eigenvalue weighted by atomic mass is 10.1. The summed E-state index contributed by atoms with van der Waals surface area (Å²) in [6.45, 7) is 3.75. The molecule has 0 amide bonds. The number of phenolic OH excluding ortho intramolecular Hbond substituents is 1. The number of aromatic nitrogens is 3. The molecule has 6 nitrogen and oxygen atoms in total. The molecule has 6 heteroatoms. The Labute approximate surface area is 152 Å². The van der Waals surface area contributed by atoms with Gasteiger partial charge in [0.05, 0.1) is 19.3 Å². The van der Waals surface area contributed by atoms with E-state index in [4.69, 9.17) is 4.74 Å². The van der Waals surface area contributed by atoms with Crippen LogP contribution in [0.2, 0.25) is 0 Å². The van der Waals surface area contributed by atoms with Crippen LogP contribution in [-0.2, 0) is 13.0 Å². The smallest absolute Gasteiger partial charge is 0.158 e. The predicted octanol–water partition coefficient (Wildman–Crippen LogP) is 3.02. The second-order valence-corrected chi connectivity index (χ2v) is 6.90. The van der Waals surface area contributed by atoms with E-state index in [2.05, 4.69) is 10.1 Å². The summed E-state index contributed by atoms with van der Waals surface area (Å²) in [4.78, 5) is 4.64. The maximum absolute atomic E-state index is 10.2. The lowest BCUT2D eigenvalue weighted by Crippen LogP contribution is -2.27. The summed E-state index contributed by atoms with van der Waals surface area (Å²) in [6, 6.07) is 14.6. The SMILES string of the molecule is COc1ccc(Cc2nc(-c3cccc(O)c3)n(CC(C)(C)O)n2)cc1. The number of methoxy groups -OCH3 is 1. The number of nitrogens with zero attached hydrogens (tertiary/aromatic N) is 3. The maximum Gasteiger partial charge on any atom is 0.158 e. The van der Waals surface area contributed by atoms with Crippen LogP contribution in [0.3, 0.4) is 0 Å². The molecular weight excluding hydrogens is 330 g/mol. The number of ether oxygens (including phenoxy) is 1. The van der Waals surface area contributed by atoms with E-state index in [9.17, 15) is 10.2 Å². The molecule has 0 fully saturated rings. The van der Waals surface area contributed by atoms with E-state index in [1.54, 1.807) is 43.8 Å². The molecular formula is C20H23N3O3. The van der Waals surface area contributed by atoms with Gasteiger partial charge in [0.1, 0.15) is 11.5 Å². The van der Waals surface area contributed by atoms with Gasteiger partial charge in [-0.3, -0.25) is 0 Å². The van der Waals surface area contributed by atoms with Crippen LogP contribution in [0.4, 0.5) is 0 Å². The Hall–Kier alpha value is -2.86. The first-order valence-electron chi connectivity index (χ1n) is 8.42. The van der Waals surface area contributed by atoms with Crippen molar-refractivity contribution in [1.82, 2.24) is 14.8 Å². The van der Waals surface area contributed by atoms with Crippen molar-refractivity contribution in [1.29, 1.82) is 0 Å². The van der Waals surface area contributed by atoms with E-state index >= 15 is 0 Å². The number of aromatic hydroxyl groups is 1. The normalized spacial score (nSPS) is 11.5. The molecule has 0 spiro atoms. The van der Waals surface area contributed by atoms with Gasteiger partial charge in [-0.1, -0.05) is 24.3 Å². The number of phenols is 1. The first-order valence-corrected chi connectivity index (χ1v) is 8.42. The van der Waals surface area contributed by atoms with Crippen molar-refractivity contribution in [2.75, 3.05) is 7.11 Å². The van der Waals surface area contributed by atoms with Gasteiger partial charge < -0.3 is 14.9 Å². The third-order valence-corrected chi connectivity index (χ3v) is 3.88. The molecule has 26 heavy (non-hydrogen) atoms. The highest BCUT2D eigenvalue weighted by Crippen LogP contribution is 2.24. The Balaban J connectivity index is 1.94. The van der Waals surface area contributed by atoms with Crippen molar-refractivity contribution in [3.63, 3.8) is 0 Å². The molecule has 0 bridgehead atoms. The molecule has 0 saturated carbocycles. The molecule has 0 unspecified atom stereocenters. The third-order valence-electron chi connectivity index (χ3n) is 3.88. The Bertz CT molecular complexity index is 880. The van der Waals surface area contributed by atoms with Gasteiger partial charge in [0.2, 0.25) is 0 Å². The first-order chi connectivity index (χ1) is 12.3. The fourth-order valence-corrected chi connectivity index (χ4v) is 2.73. The van der Waals surface area contributed by atoms with Crippen molar-refractivity contribution in [2.24, 2.45) is 0 Å². The zero-order valence-electron chi connectivity index (χ0n) is 15.2. The zero-order valence-corrected chi connectivity index (χ0v) is 15.2. The van der Waals surface area contributed by atoms with Gasteiger partial charge in [-0.15, -0.1) is 0 Å². The first kappa shape index (κ1) is 17.9. The van der Waals surface area contributed by atoms with Gasteiger partial charge in [-0.25, -0.2) is 9.67 Å². The molecule has 3 aromatic rings. The van der Waals surface area contributed by atoms with E-state index in [0.29, 0.717) is 24.6 Å². The van der Waals surface area contributed by atoms with E-state index < -0.39 is 5.60 Å².